The number of ether oxygens (including phenoxy) is 2. The molecule has 0 aromatic heterocycles. The highest BCUT2D eigenvalue weighted by atomic mass is 16.5. The molecule has 0 bridgehead atoms. The lowest BCUT2D eigenvalue weighted by Gasteiger charge is -2.33. The van der Waals surface area contributed by atoms with Gasteiger partial charge < -0.3 is 20.1 Å². The van der Waals surface area contributed by atoms with E-state index in [1.165, 1.54) is 33.4 Å². The summed E-state index contributed by atoms with van der Waals surface area (Å²) in [6.45, 7) is 0. The third kappa shape index (κ3) is 3.51. The molecule has 4 aliphatic rings. The number of benzene rings is 4. The molecule has 1 spiro atoms. The van der Waals surface area contributed by atoms with Gasteiger partial charge in [0.1, 0.15) is 12.5 Å². The molecule has 8 rings (SSSR count). The van der Waals surface area contributed by atoms with Gasteiger partial charge in [0.15, 0.2) is 12.5 Å². The first-order valence-corrected chi connectivity index (χ1v) is 13.9. The van der Waals surface area contributed by atoms with Crippen LogP contribution in [0, 0.1) is 0 Å². The Hall–Kier alpha value is -4.44. The topological polar surface area (TPSA) is 42.5 Å². The Morgan fingerprint density at radius 3 is 1.46 bits per heavy atom. The Morgan fingerprint density at radius 2 is 1.00 bits per heavy atom. The van der Waals surface area contributed by atoms with Gasteiger partial charge in [-0.15, -0.1) is 0 Å². The fourth-order valence-electron chi connectivity index (χ4n) is 7.24. The minimum absolute atomic E-state index is 0.0427. The van der Waals surface area contributed by atoms with Crippen molar-refractivity contribution in [1.29, 1.82) is 0 Å². The molecule has 4 heteroatoms. The second kappa shape index (κ2) is 8.81. The quantitative estimate of drug-likeness (QED) is 0.307. The number of hydrogen-bond donors (Lipinski definition) is 2. The minimum Gasteiger partial charge on any atom is -0.472 e. The molecule has 0 saturated heterocycles. The predicted octanol–water partition coefficient (Wildman–Crippen LogP) is 7.10. The Bertz CT molecular complexity index is 1500. The Labute approximate surface area is 229 Å². The monoisotopic (exact) mass is 510 g/mol. The lowest BCUT2D eigenvalue weighted by atomic mass is 9.72. The van der Waals surface area contributed by atoms with Crippen LogP contribution in [0.1, 0.15) is 69.8 Å². The van der Waals surface area contributed by atoms with Gasteiger partial charge in [-0.05, 0) is 47.9 Å². The first-order chi connectivity index (χ1) is 19.3. The molecule has 2 atom stereocenters. The van der Waals surface area contributed by atoms with E-state index < -0.39 is 0 Å². The van der Waals surface area contributed by atoms with Crippen LogP contribution in [-0.4, -0.2) is 0 Å². The first-order valence-electron chi connectivity index (χ1n) is 13.9. The SMILES string of the molecule is C1=C(c2ccccc2)NC(c2cccc3c2C2(CC3)CCc3cccc(C4NC(c5ccccc5)=CO4)c32)O1. The zero-order valence-corrected chi connectivity index (χ0v) is 21.7. The molecule has 4 aromatic carbocycles. The van der Waals surface area contributed by atoms with Crippen LogP contribution < -0.4 is 10.6 Å². The van der Waals surface area contributed by atoms with E-state index in [4.69, 9.17) is 9.47 Å². The van der Waals surface area contributed by atoms with Crippen LogP contribution >= 0.6 is 0 Å². The van der Waals surface area contributed by atoms with E-state index in [0.29, 0.717) is 0 Å². The molecule has 2 unspecified atom stereocenters. The molecule has 192 valence electrons. The van der Waals surface area contributed by atoms with Gasteiger partial charge in [0, 0.05) is 27.7 Å². The number of nitrogens with one attached hydrogen (secondary N) is 2. The Kier molecular flexibility index (Phi) is 5.09. The van der Waals surface area contributed by atoms with Crippen LogP contribution in [0.2, 0.25) is 0 Å². The second-order valence-corrected chi connectivity index (χ2v) is 11.0. The molecule has 4 nitrogen and oxygen atoms in total. The van der Waals surface area contributed by atoms with Crippen LogP contribution in [0.3, 0.4) is 0 Å². The van der Waals surface area contributed by atoms with E-state index in [0.717, 1.165) is 48.2 Å². The zero-order valence-electron chi connectivity index (χ0n) is 21.7. The van der Waals surface area contributed by atoms with Crippen molar-refractivity contribution in [3.8, 4) is 0 Å². The maximum atomic E-state index is 6.30. The fourth-order valence-corrected chi connectivity index (χ4v) is 7.24. The third-order valence-electron chi connectivity index (χ3n) is 8.92. The van der Waals surface area contributed by atoms with Crippen molar-refractivity contribution in [3.05, 3.63) is 154 Å². The summed E-state index contributed by atoms with van der Waals surface area (Å²) >= 11 is 0. The summed E-state index contributed by atoms with van der Waals surface area (Å²) in [5.74, 6) is 0. The second-order valence-electron chi connectivity index (χ2n) is 11.0. The molecule has 0 amide bonds. The number of fused-ring (bicyclic) bond motifs is 4. The third-order valence-corrected chi connectivity index (χ3v) is 8.92. The summed E-state index contributed by atoms with van der Waals surface area (Å²) in [4.78, 5) is 0. The van der Waals surface area contributed by atoms with Gasteiger partial charge in [0.2, 0.25) is 0 Å². The lowest BCUT2D eigenvalue weighted by molar-refractivity contribution is 0.151. The molecule has 2 aliphatic carbocycles. The molecule has 0 saturated carbocycles. The number of rotatable bonds is 4. The maximum absolute atomic E-state index is 6.30. The summed E-state index contributed by atoms with van der Waals surface area (Å²) < 4.78 is 12.6. The minimum atomic E-state index is -0.200. The highest BCUT2D eigenvalue weighted by Gasteiger charge is 2.49. The lowest BCUT2D eigenvalue weighted by Crippen LogP contribution is -2.29. The van der Waals surface area contributed by atoms with Crippen molar-refractivity contribution in [2.75, 3.05) is 0 Å². The van der Waals surface area contributed by atoms with E-state index in [9.17, 15) is 0 Å². The molecule has 2 N–H and O–H groups in total. The molecule has 2 heterocycles. The molecule has 39 heavy (non-hydrogen) atoms. The van der Waals surface area contributed by atoms with Crippen LogP contribution in [0.25, 0.3) is 11.4 Å². The van der Waals surface area contributed by atoms with Gasteiger partial charge >= 0.3 is 0 Å². The van der Waals surface area contributed by atoms with Crippen molar-refractivity contribution >= 4 is 11.4 Å². The van der Waals surface area contributed by atoms with E-state index in [-0.39, 0.29) is 17.9 Å². The molecule has 0 fully saturated rings. The average molecular weight is 511 g/mol. The molecular weight excluding hydrogens is 480 g/mol. The first kappa shape index (κ1) is 22.5. The van der Waals surface area contributed by atoms with Gasteiger partial charge in [0.25, 0.3) is 0 Å². The summed E-state index contributed by atoms with van der Waals surface area (Å²) in [6, 6.07) is 34.3. The van der Waals surface area contributed by atoms with Crippen molar-refractivity contribution in [2.24, 2.45) is 0 Å². The average Bonchev–Trinajstić information content (AvgIpc) is 3.81. The van der Waals surface area contributed by atoms with E-state index in [2.05, 4.69) is 95.6 Å². The van der Waals surface area contributed by atoms with E-state index in [1.54, 1.807) is 0 Å². The smallest absolute Gasteiger partial charge is 0.196 e. The summed E-state index contributed by atoms with van der Waals surface area (Å²) in [5.41, 5.74) is 12.6. The van der Waals surface area contributed by atoms with Gasteiger partial charge in [0.05, 0.1) is 11.4 Å². The van der Waals surface area contributed by atoms with Crippen molar-refractivity contribution < 1.29 is 9.47 Å². The Morgan fingerprint density at radius 1 is 0.538 bits per heavy atom. The van der Waals surface area contributed by atoms with Gasteiger partial charge in [-0.1, -0.05) is 97.1 Å². The molecule has 2 aliphatic heterocycles. The molecular formula is C35H30N2O2. The molecule has 4 aromatic rings. The molecule has 0 radical (unpaired) electrons. The summed E-state index contributed by atoms with van der Waals surface area (Å²) in [6.07, 6.45) is 7.73. The standard InChI is InChI=1S/C35H30N2O2/c1-3-9-23(10-4-1)29-21-38-33(36-29)27-15-7-13-25-17-19-35(31(25)27)20-18-26-14-8-16-28(32(26)35)34-37-30(22-39-34)24-11-5-2-6-12-24/h1-16,21-22,33-34,36-37H,17-20H2. The normalized spacial score (nSPS) is 24.2. The zero-order chi connectivity index (χ0) is 25.8. The van der Waals surface area contributed by atoms with Gasteiger partial charge in [-0.3, -0.25) is 0 Å². The Balaban J connectivity index is 1.17. The van der Waals surface area contributed by atoms with Gasteiger partial charge in [-0.25, -0.2) is 0 Å². The van der Waals surface area contributed by atoms with Crippen molar-refractivity contribution in [1.82, 2.24) is 10.6 Å². The number of aryl methyl sites for hydroxylation is 2. The highest BCUT2D eigenvalue weighted by Crippen LogP contribution is 2.56. The van der Waals surface area contributed by atoms with Crippen LogP contribution in [-0.2, 0) is 27.7 Å². The fraction of sp³-hybridized carbons (Fsp3) is 0.200. The van der Waals surface area contributed by atoms with E-state index in [1.807, 2.05) is 24.7 Å². The van der Waals surface area contributed by atoms with Crippen LogP contribution in [0.5, 0.6) is 0 Å². The summed E-state index contributed by atoms with van der Waals surface area (Å²) in [7, 11) is 0. The van der Waals surface area contributed by atoms with E-state index >= 15 is 0 Å². The van der Waals surface area contributed by atoms with Crippen LogP contribution in [0.15, 0.2) is 110 Å². The highest BCUT2D eigenvalue weighted by molar-refractivity contribution is 5.67. The van der Waals surface area contributed by atoms with Gasteiger partial charge in [-0.2, -0.15) is 0 Å². The number of hydrogen-bond acceptors (Lipinski definition) is 4. The maximum Gasteiger partial charge on any atom is 0.196 e. The van der Waals surface area contributed by atoms with Crippen molar-refractivity contribution in [3.63, 3.8) is 0 Å². The predicted molar refractivity (Wildman–Crippen MR) is 153 cm³/mol. The summed E-state index contributed by atoms with van der Waals surface area (Å²) in [5, 5.41) is 7.34. The van der Waals surface area contributed by atoms with Crippen LogP contribution in [0.4, 0.5) is 0 Å². The largest absolute Gasteiger partial charge is 0.472 e. The van der Waals surface area contributed by atoms with Crippen molar-refractivity contribution in [2.45, 2.75) is 43.6 Å².